The molecule has 1 aromatic heterocycles. The first-order chi connectivity index (χ1) is 14.0. The fourth-order valence-electron chi connectivity index (χ4n) is 3.40. The summed E-state index contributed by atoms with van der Waals surface area (Å²) in [4.78, 5) is 14.9. The van der Waals surface area contributed by atoms with E-state index in [1.54, 1.807) is 23.3 Å². The summed E-state index contributed by atoms with van der Waals surface area (Å²) in [6, 6.07) is 6.41. The van der Waals surface area contributed by atoms with Crippen molar-refractivity contribution in [1.82, 2.24) is 9.21 Å². The van der Waals surface area contributed by atoms with Crippen molar-refractivity contribution in [2.75, 3.05) is 20.1 Å². The Morgan fingerprint density at radius 1 is 1.27 bits per heavy atom. The van der Waals surface area contributed by atoms with Crippen LogP contribution in [0.3, 0.4) is 0 Å². The predicted octanol–water partition coefficient (Wildman–Crippen LogP) is 4.48. The van der Waals surface area contributed by atoms with E-state index >= 15 is 0 Å². The lowest BCUT2D eigenvalue weighted by Gasteiger charge is -2.32. The van der Waals surface area contributed by atoms with E-state index in [1.165, 1.54) is 0 Å². The van der Waals surface area contributed by atoms with Gasteiger partial charge in [-0.15, -0.1) is 11.3 Å². The first kappa shape index (κ1) is 23.1. The number of amides is 1. The number of halogens is 4. The van der Waals surface area contributed by atoms with Crippen molar-refractivity contribution < 1.29 is 26.4 Å². The Bertz CT molecular complexity index is 1000. The molecule has 0 N–H and O–H groups in total. The third-order valence-electron chi connectivity index (χ3n) is 5.03. The topological polar surface area (TPSA) is 57.7 Å². The minimum Gasteiger partial charge on any atom is -0.340 e. The van der Waals surface area contributed by atoms with Gasteiger partial charge in [0.1, 0.15) is 0 Å². The lowest BCUT2D eigenvalue weighted by atomic mass is 9.96. The van der Waals surface area contributed by atoms with E-state index < -0.39 is 31.7 Å². The molecule has 0 saturated carbocycles. The van der Waals surface area contributed by atoms with Crippen LogP contribution in [-0.4, -0.2) is 43.7 Å². The second-order valence-corrected chi connectivity index (χ2v) is 10.5. The van der Waals surface area contributed by atoms with Crippen molar-refractivity contribution in [1.29, 1.82) is 0 Å². The van der Waals surface area contributed by atoms with Gasteiger partial charge in [-0.05, 0) is 42.5 Å². The molecular formula is C19H20ClF3N2O3S2. The van der Waals surface area contributed by atoms with E-state index in [0.29, 0.717) is 25.5 Å². The summed E-state index contributed by atoms with van der Waals surface area (Å²) >= 11 is 7.13. The van der Waals surface area contributed by atoms with Crippen LogP contribution in [0.1, 0.15) is 23.3 Å². The highest BCUT2D eigenvalue weighted by Crippen LogP contribution is 2.37. The average Bonchev–Trinajstić information content (AvgIpc) is 3.19. The first-order valence-electron chi connectivity index (χ1n) is 9.14. The van der Waals surface area contributed by atoms with Gasteiger partial charge in [-0.1, -0.05) is 17.7 Å². The van der Waals surface area contributed by atoms with Crippen LogP contribution in [0, 0.1) is 5.92 Å². The number of carbonyl (C=O) groups excluding carboxylic acids is 1. The zero-order chi connectivity index (χ0) is 22.1. The minimum absolute atomic E-state index is 0.0636. The Kier molecular flexibility index (Phi) is 6.81. The molecule has 2 heterocycles. The highest BCUT2D eigenvalue weighted by molar-refractivity contribution is 7.89. The number of carbonyl (C=O) groups is 1. The summed E-state index contributed by atoms with van der Waals surface area (Å²) in [5.41, 5.74) is -1.19. The van der Waals surface area contributed by atoms with Gasteiger partial charge >= 0.3 is 6.18 Å². The van der Waals surface area contributed by atoms with Gasteiger partial charge < -0.3 is 4.90 Å². The molecule has 5 nitrogen and oxygen atoms in total. The number of rotatable bonds is 5. The molecule has 1 amide bonds. The second kappa shape index (κ2) is 8.86. The third kappa shape index (κ3) is 4.99. The highest BCUT2D eigenvalue weighted by atomic mass is 35.5. The molecule has 11 heteroatoms. The number of alkyl halides is 3. The van der Waals surface area contributed by atoms with Crippen LogP contribution in [0.15, 0.2) is 40.6 Å². The van der Waals surface area contributed by atoms with Gasteiger partial charge in [0.2, 0.25) is 15.9 Å². The molecule has 1 fully saturated rings. The van der Waals surface area contributed by atoms with Crippen molar-refractivity contribution in [3.63, 3.8) is 0 Å². The van der Waals surface area contributed by atoms with Crippen molar-refractivity contribution in [2.24, 2.45) is 5.92 Å². The summed E-state index contributed by atoms with van der Waals surface area (Å²) in [6.45, 7) is 0.616. The van der Waals surface area contributed by atoms with Crippen molar-refractivity contribution in [3.8, 4) is 0 Å². The molecule has 0 radical (unpaired) electrons. The number of hydrogen-bond acceptors (Lipinski definition) is 4. The molecule has 0 atom stereocenters. The summed E-state index contributed by atoms with van der Waals surface area (Å²) in [6.07, 6.45) is -4.13. The van der Waals surface area contributed by atoms with Gasteiger partial charge in [0.15, 0.2) is 0 Å². The summed E-state index contributed by atoms with van der Waals surface area (Å²) in [7, 11) is -2.41. The SMILES string of the molecule is CN(Cc1cccs1)C(=O)C1CCN(S(=O)(=O)c2ccc(Cl)c(C(F)(F)F)c2)CC1. The van der Waals surface area contributed by atoms with Crippen LogP contribution in [0.2, 0.25) is 5.02 Å². The smallest absolute Gasteiger partial charge is 0.340 e. The van der Waals surface area contributed by atoms with E-state index in [-0.39, 0.29) is 24.9 Å². The maximum absolute atomic E-state index is 13.1. The molecule has 3 rings (SSSR count). The second-order valence-electron chi connectivity index (χ2n) is 7.09. The Morgan fingerprint density at radius 3 is 2.50 bits per heavy atom. The molecule has 0 aliphatic carbocycles. The maximum atomic E-state index is 13.1. The molecule has 2 aromatic rings. The zero-order valence-corrected chi connectivity index (χ0v) is 18.4. The van der Waals surface area contributed by atoms with E-state index in [4.69, 9.17) is 11.6 Å². The van der Waals surface area contributed by atoms with Crippen molar-refractivity contribution in [3.05, 3.63) is 51.2 Å². The standard InChI is InChI=1S/C19H20ClF3N2O3S2/c1-24(12-14-3-2-10-29-14)18(26)13-6-8-25(9-7-13)30(27,28)15-4-5-17(20)16(11-15)19(21,22)23/h2-5,10-11,13H,6-9,12H2,1H3. The molecule has 1 aromatic carbocycles. The van der Waals surface area contributed by atoms with Crippen LogP contribution in [0.25, 0.3) is 0 Å². The predicted molar refractivity (Wildman–Crippen MR) is 109 cm³/mol. The number of benzene rings is 1. The molecule has 0 spiro atoms. The number of nitrogens with zero attached hydrogens (tertiary/aromatic N) is 2. The third-order valence-corrected chi connectivity index (χ3v) is 8.12. The lowest BCUT2D eigenvalue weighted by molar-refractivity contribution is -0.138. The molecule has 0 unspecified atom stereocenters. The van der Waals surface area contributed by atoms with Crippen LogP contribution >= 0.6 is 22.9 Å². The van der Waals surface area contributed by atoms with Gasteiger partial charge in [-0.3, -0.25) is 4.79 Å². The van der Waals surface area contributed by atoms with Gasteiger partial charge in [0, 0.05) is 30.9 Å². The summed E-state index contributed by atoms with van der Waals surface area (Å²) in [5.74, 6) is -0.385. The van der Waals surface area contributed by atoms with Gasteiger partial charge in [-0.25, -0.2) is 8.42 Å². The fourth-order valence-corrected chi connectivity index (χ4v) is 5.88. The summed E-state index contributed by atoms with van der Waals surface area (Å²) < 4.78 is 66.0. The molecule has 1 aliphatic heterocycles. The number of hydrogen-bond donors (Lipinski definition) is 0. The Labute approximate surface area is 182 Å². The van der Waals surface area contributed by atoms with Gasteiger partial charge in [0.25, 0.3) is 0 Å². The average molecular weight is 481 g/mol. The Balaban J connectivity index is 1.67. The number of piperidine rings is 1. The van der Waals surface area contributed by atoms with Crippen molar-refractivity contribution in [2.45, 2.75) is 30.5 Å². The first-order valence-corrected chi connectivity index (χ1v) is 11.8. The number of sulfonamides is 1. The molecule has 1 aliphatic rings. The molecule has 1 saturated heterocycles. The minimum atomic E-state index is -4.75. The molecule has 0 bridgehead atoms. The molecule has 164 valence electrons. The van der Waals surface area contributed by atoms with Crippen molar-refractivity contribution >= 4 is 38.9 Å². The number of thiophene rings is 1. The monoisotopic (exact) mass is 480 g/mol. The van der Waals surface area contributed by atoms with Crippen LogP contribution in [0.4, 0.5) is 13.2 Å². The van der Waals surface area contributed by atoms with E-state index in [0.717, 1.165) is 21.3 Å². The fraction of sp³-hybridized carbons (Fsp3) is 0.421. The normalized spacial score (nSPS) is 16.6. The Hall–Kier alpha value is -1.62. The quantitative estimate of drug-likeness (QED) is 0.634. The molecule has 30 heavy (non-hydrogen) atoms. The molecular weight excluding hydrogens is 461 g/mol. The van der Waals surface area contributed by atoms with Gasteiger partial charge in [0.05, 0.1) is 22.0 Å². The lowest BCUT2D eigenvalue weighted by Crippen LogP contribution is -2.43. The van der Waals surface area contributed by atoms with Crippen LogP contribution < -0.4 is 0 Å². The van der Waals surface area contributed by atoms with E-state index in [9.17, 15) is 26.4 Å². The van der Waals surface area contributed by atoms with E-state index in [2.05, 4.69) is 0 Å². The maximum Gasteiger partial charge on any atom is 0.417 e. The van der Waals surface area contributed by atoms with Crippen LogP contribution in [0.5, 0.6) is 0 Å². The highest BCUT2D eigenvalue weighted by Gasteiger charge is 2.37. The van der Waals surface area contributed by atoms with Gasteiger partial charge in [-0.2, -0.15) is 17.5 Å². The summed E-state index contributed by atoms with van der Waals surface area (Å²) in [5, 5.41) is 1.37. The van der Waals surface area contributed by atoms with E-state index in [1.807, 2.05) is 17.5 Å². The zero-order valence-electron chi connectivity index (χ0n) is 16.0. The Morgan fingerprint density at radius 2 is 1.93 bits per heavy atom. The van der Waals surface area contributed by atoms with Crippen LogP contribution in [-0.2, 0) is 27.5 Å². The largest absolute Gasteiger partial charge is 0.417 e.